The maximum atomic E-state index is 8.76. The molecule has 0 aliphatic heterocycles. The van der Waals surface area contributed by atoms with E-state index in [1.807, 2.05) is 37.3 Å². The average Bonchev–Trinajstić information content (AvgIpc) is 2.27. The molecule has 0 saturated carbocycles. The van der Waals surface area contributed by atoms with Gasteiger partial charge in [-0.05, 0) is 24.6 Å². The summed E-state index contributed by atoms with van der Waals surface area (Å²) in [7, 11) is 0. The fourth-order valence-electron chi connectivity index (χ4n) is 1.52. The Balaban J connectivity index is 2.68. The lowest BCUT2D eigenvalue weighted by molar-refractivity contribution is 1.18. The molecule has 0 radical (unpaired) electrons. The van der Waals surface area contributed by atoms with Gasteiger partial charge in [-0.2, -0.15) is 5.26 Å². The summed E-state index contributed by atoms with van der Waals surface area (Å²) in [6.07, 6.45) is 0. The first-order valence-corrected chi connectivity index (χ1v) is 5.54. The average molecular weight is 251 g/mol. The normalized spacial score (nSPS) is 12.4. The van der Waals surface area contributed by atoms with Gasteiger partial charge >= 0.3 is 0 Å². The SMILES string of the molecule is Cc1ccc2cc(C(Cl)C#N)c(Cl)nc2c1. The van der Waals surface area contributed by atoms with Gasteiger partial charge in [0.15, 0.2) is 0 Å². The van der Waals surface area contributed by atoms with E-state index in [0.717, 1.165) is 16.5 Å². The van der Waals surface area contributed by atoms with Crippen LogP contribution in [0.2, 0.25) is 5.15 Å². The van der Waals surface area contributed by atoms with Crippen molar-refractivity contribution in [3.8, 4) is 6.07 Å². The third-order valence-corrected chi connectivity index (χ3v) is 2.98. The maximum Gasteiger partial charge on any atom is 0.148 e. The van der Waals surface area contributed by atoms with Crippen LogP contribution in [0.25, 0.3) is 10.9 Å². The van der Waals surface area contributed by atoms with Gasteiger partial charge < -0.3 is 0 Å². The molecule has 0 bridgehead atoms. The minimum absolute atomic E-state index is 0.291. The lowest BCUT2D eigenvalue weighted by atomic mass is 10.1. The van der Waals surface area contributed by atoms with Crippen molar-refractivity contribution in [3.05, 3.63) is 40.5 Å². The number of halogens is 2. The molecule has 16 heavy (non-hydrogen) atoms. The molecular formula is C12H8Cl2N2. The molecule has 0 fully saturated rings. The first-order chi connectivity index (χ1) is 7.61. The highest BCUT2D eigenvalue weighted by molar-refractivity contribution is 6.32. The Kier molecular flexibility index (Phi) is 3.00. The molecule has 1 heterocycles. The van der Waals surface area contributed by atoms with Crippen molar-refractivity contribution >= 4 is 34.1 Å². The molecule has 2 rings (SSSR count). The van der Waals surface area contributed by atoms with E-state index in [-0.39, 0.29) is 0 Å². The number of benzene rings is 1. The van der Waals surface area contributed by atoms with E-state index in [9.17, 15) is 0 Å². The number of hydrogen-bond acceptors (Lipinski definition) is 2. The highest BCUT2D eigenvalue weighted by atomic mass is 35.5. The minimum atomic E-state index is -0.759. The van der Waals surface area contributed by atoms with Crippen LogP contribution in [-0.2, 0) is 0 Å². The highest BCUT2D eigenvalue weighted by Crippen LogP contribution is 2.29. The van der Waals surface area contributed by atoms with Gasteiger partial charge in [0.1, 0.15) is 10.5 Å². The fourth-order valence-corrected chi connectivity index (χ4v) is 1.99. The predicted octanol–water partition coefficient (Wildman–Crippen LogP) is 4.00. The van der Waals surface area contributed by atoms with Gasteiger partial charge in [-0.1, -0.05) is 23.7 Å². The third kappa shape index (κ3) is 1.97. The summed E-state index contributed by atoms with van der Waals surface area (Å²) in [5, 5.41) is 9.23. The number of alkyl halides is 1. The van der Waals surface area contributed by atoms with Crippen LogP contribution in [-0.4, -0.2) is 4.98 Å². The molecule has 1 aromatic carbocycles. The van der Waals surface area contributed by atoms with Crippen LogP contribution < -0.4 is 0 Å². The van der Waals surface area contributed by atoms with E-state index in [2.05, 4.69) is 4.98 Å². The van der Waals surface area contributed by atoms with E-state index in [0.29, 0.717) is 10.7 Å². The number of aryl methyl sites for hydroxylation is 1. The molecule has 1 aromatic heterocycles. The summed E-state index contributed by atoms with van der Waals surface area (Å²) in [6, 6.07) is 9.62. The maximum absolute atomic E-state index is 8.76. The van der Waals surface area contributed by atoms with Crippen LogP contribution in [0.4, 0.5) is 0 Å². The molecule has 0 saturated heterocycles. The van der Waals surface area contributed by atoms with Crippen molar-refractivity contribution in [2.75, 3.05) is 0 Å². The van der Waals surface area contributed by atoms with Crippen LogP contribution >= 0.6 is 23.2 Å². The first-order valence-electron chi connectivity index (χ1n) is 4.72. The number of aromatic nitrogens is 1. The van der Waals surface area contributed by atoms with Crippen molar-refractivity contribution in [1.82, 2.24) is 4.98 Å². The monoisotopic (exact) mass is 250 g/mol. The summed E-state index contributed by atoms with van der Waals surface area (Å²) in [5.41, 5.74) is 2.49. The molecule has 4 heteroatoms. The summed E-state index contributed by atoms with van der Waals surface area (Å²) in [4.78, 5) is 4.24. The van der Waals surface area contributed by atoms with Crippen molar-refractivity contribution in [1.29, 1.82) is 5.26 Å². The van der Waals surface area contributed by atoms with Crippen LogP contribution in [0.15, 0.2) is 24.3 Å². The van der Waals surface area contributed by atoms with Crippen LogP contribution in [0.5, 0.6) is 0 Å². The van der Waals surface area contributed by atoms with Crippen molar-refractivity contribution in [2.24, 2.45) is 0 Å². The van der Waals surface area contributed by atoms with Crippen molar-refractivity contribution < 1.29 is 0 Å². The molecule has 80 valence electrons. The molecular weight excluding hydrogens is 243 g/mol. The number of fused-ring (bicyclic) bond motifs is 1. The van der Waals surface area contributed by atoms with Gasteiger partial charge in [0.25, 0.3) is 0 Å². The van der Waals surface area contributed by atoms with E-state index >= 15 is 0 Å². The van der Waals surface area contributed by atoms with Gasteiger partial charge in [-0.25, -0.2) is 4.98 Å². The van der Waals surface area contributed by atoms with Crippen LogP contribution in [0.1, 0.15) is 16.5 Å². The number of rotatable bonds is 1. The summed E-state index contributed by atoms with van der Waals surface area (Å²) in [5.74, 6) is 0. The minimum Gasteiger partial charge on any atom is -0.236 e. The van der Waals surface area contributed by atoms with E-state index in [1.165, 1.54) is 0 Å². The standard InChI is InChI=1S/C12H8Cl2N2/c1-7-2-3-8-5-9(10(13)6-15)12(14)16-11(8)4-7/h2-5,10H,1H3. The summed E-state index contributed by atoms with van der Waals surface area (Å²) in [6.45, 7) is 1.99. The summed E-state index contributed by atoms with van der Waals surface area (Å²) >= 11 is 11.8. The highest BCUT2D eigenvalue weighted by Gasteiger charge is 2.13. The molecule has 0 aliphatic rings. The lowest BCUT2D eigenvalue weighted by Gasteiger charge is -2.06. The molecule has 1 unspecified atom stereocenters. The zero-order chi connectivity index (χ0) is 11.7. The Hall–Kier alpha value is -1.30. The Bertz CT molecular complexity index is 587. The first kappa shape index (κ1) is 11.2. The van der Waals surface area contributed by atoms with Crippen LogP contribution in [0, 0.1) is 18.3 Å². The number of nitrogens with zero attached hydrogens (tertiary/aromatic N) is 2. The molecule has 0 aliphatic carbocycles. The lowest BCUT2D eigenvalue weighted by Crippen LogP contribution is -1.92. The molecule has 1 atom stereocenters. The third-order valence-electron chi connectivity index (χ3n) is 2.34. The van der Waals surface area contributed by atoms with Crippen molar-refractivity contribution in [2.45, 2.75) is 12.3 Å². The fraction of sp³-hybridized carbons (Fsp3) is 0.167. The molecule has 2 aromatic rings. The second kappa shape index (κ2) is 4.29. The topological polar surface area (TPSA) is 36.7 Å². The van der Waals surface area contributed by atoms with Gasteiger partial charge in [0.05, 0.1) is 11.6 Å². The Labute approximate surface area is 103 Å². The second-order valence-corrected chi connectivity index (χ2v) is 4.35. The number of nitriles is 1. The van der Waals surface area contributed by atoms with Gasteiger partial charge in [0, 0.05) is 10.9 Å². The molecule has 0 amide bonds. The smallest absolute Gasteiger partial charge is 0.148 e. The van der Waals surface area contributed by atoms with Gasteiger partial charge in [-0.3, -0.25) is 0 Å². The van der Waals surface area contributed by atoms with E-state index < -0.39 is 5.38 Å². The quantitative estimate of drug-likeness (QED) is 0.567. The second-order valence-electron chi connectivity index (χ2n) is 3.56. The largest absolute Gasteiger partial charge is 0.236 e. The molecule has 0 spiro atoms. The Morgan fingerprint density at radius 2 is 2.12 bits per heavy atom. The number of hydrogen-bond donors (Lipinski definition) is 0. The van der Waals surface area contributed by atoms with E-state index in [4.69, 9.17) is 28.5 Å². The van der Waals surface area contributed by atoms with Crippen LogP contribution in [0.3, 0.4) is 0 Å². The summed E-state index contributed by atoms with van der Waals surface area (Å²) < 4.78 is 0. The predicted molar refractivity (Wildman–Crippen MR) is 65.7 cm³/mol. The Morgan fingerprint density at radius 3 is 2.81 bits per heavy atom. The molecule has 0 N–H and O–H groups in total. The zero-order valence-corrected chi connectivity index (χ0v) is 10.0. The van der Waals surface area contributed by atoms with Gasteiger partial charge in [0.2, 0.25) is 0 Å². The van der Waals surface area contributed by atoms with E-state index in [1.54, 1.807) is 0 Å². The Morgan fingerprint density at radius 1 is 1.38 bits per heavy atom. The van der Waals surface area contributed by atoms with Crippen molar-refractivity contribution in [3.63, 3.8) is 0 Å². The molecule has 2 nitrogen and oxygen atoms in total. The number of pyridine rings is 1. The van der Waals surface area contributed by atoms with Gasteiger partial charge in [-0.15, -0.1) is 11.6 Å². The zero-order valence-electron chi connectivity index (χ0n) is 8.54.